The van der Waals surface area contributed by atoms with Crippen molar-refractivity contribution in [3.05, 3.63) is 41.5 Å². The number of amides is 3. The maximum atomic E-state index is 14.9. The molecule has 1 aliphatic carbocycles. The van der Waals surface area contributed by atoms with Crippen LogP contribution in [0, 0.1) is 11.7 Å². The second-order valence-electron chi connectivity index (χ2n) is 9.24. The minimum absolute atomic E-state index is 0.0200. The van der Waals surface area contributed by atoms with Crippen molar-refractivity contribution in [2.75, 3.05) is 31.8 Å². The molecule has 16 heteroatoms. The van der Waals surface area contributed by atoms with E-state index >= 15 is 0 Å². The number of aryl methyl sites for hydroxylation is 1. The van der Waals surface area contributed by atoms with Crippen LogP contribution in [0.3, 0.4) is 0 Å². The van der Waals surface area contributed by atoms with E-state index in [4.69, 9.17) is 4.74 Å². The first kappa shape index (κ1) is 28.3. The van der Waals surface area contributed by atoms with E-state index in [9.17, 15) is 34.1 Å². The first-order valence-electron chi connectivity index (χ1n) is 11.9. The van der Waals surface area contributed by atoms with Gasteiger partial charge in [0.1, 0.15) is 11.5 Å². The summed E-state index contributed by atoms with van der Waals surface area (Å²) in [5.41, 5.74) is -0.129. The predicted molar refractivity (Wildman–Crippen MR) is 137 cm³/mol. The number of ether oxygens (including phenoxy) is 1. The first-order chi connectivity index (χ1) is 18.8. The van der Waals surface area contributed by atoms with E-state index in [1.54, 1.807) is 21.1 Å². The van der Waals surface area contributed by atoms with E-state index < -0.39 is 23.5 Å². The van der Waals surface area contributed by atoms with Gasteiger partial charge in [-0.15, -0.1) is 10.2 Å². The fourth-order valence-electron chi connectivity index (χ4n) is 3.77. The van der Waals surface area contributed by atoms with E-state index in [1.807, 2.05) is 0 Å². The fraction of sp³-hybridized carbons (Fsp3) is 0.333. The van der Waals surface area contributed by atoms with Gasteiger partial charge in [-0.1, -0.05) is 0 Å². The number of anilines is 3. The van der Waals surface area contributed by atoms with Crippen LogP contribution in [0.1, 0.15) is 33.8 Å². The van der Waals surface area contributed by atoms with E-state index in [-0.39, 0.29) is 57.6 Å². The van der Waals surface area contributed by atoms with Gasteiger partial charge in [0.2, 0.25) is 5.91 Å². The summed E-state index contributed by atoms with van der Waals surface area (Å²) >= 11 is 0. The van der Waals surface area contributed by atoms with Crippen molar-refractivity contribution in [3.8, 4) is 17.0 Å². The molecule has 212 valence electrons. The largest absolute Gasteiger partial charge is 0.494 e. The molecule has 1 saturated carbocycles. The molecule has 3 aromatic rings. The Morgan fingerprint density at radius 3 is 2.40 bits per heavy atom. The fourth-order valence-corrected chi connectivity index (χ4v) is 3.77. The average molecular weight is 559 g/mol. The second kappa shape index (κ2) is 10.8. The van der Waals surface area contributed by atoms with Gasteiger partial charge in [0.15, 0.2) is 17.3 Å². The minimum atomic E-state index is -3.57. The number of nitrogens with one attached hydrogen (secondary N) is 3. The summed E-state index contributed by atoms with van der Waals surface area (Å²) in [4.78, 5) is 38.7. The zero-order chi connectivity index (χ0) is 29.4. The zero-order valence-electron chi connectivity index (χ0n) is 21.9. The number of nitrogens with zero attached hydrogens (tertiary/aromatic N) is 5. The average Bonchev–Trinajstić information content (AvgIpc) is 3.64. The van der Waals surface area contributed by atoms with Crippen LogP contribution in [0.2, 0.25) is 0 Å². The van der Waals surface area contributed by atoms with Crippen molar-refractivity contribution in [2.45, 2.75) is 18.9 Å². The van der Waals surface area contributed by atoms with Gasteiger partial charge >= 0.3 is 6.10 Å². The molecule has 3 amide bonds. The van der Waals surface area contributed by atoms with Gasteiger partial charge < -0.3 is 35.6 Å². The molecule has 0 atom stereocenters. The molecule has 1 fully saturated rings. The lowest BCUT2D eigenvalue weighted by Crippen LogP contribution is -2.48. The smallest absolute Gasteiger partial charge is 0.369 e. The van der Waals surface area contributed by atoms with Crippen LogP contribution in [-0.2, 0) is 11.8 Å². The molecule has 0 unspecified atom stereocenters. The topological polar surface area (TPSA) is 204 Å². The number of aromatic nitrogens is 4. The van der Waals surface area contributed by atoms with Crippen molar-refractivity contribution >= 4 is 34.9 Å². The Hall–Kier alpha value is -4.67. The van der Waals surface area contributed by atoms with Crippen molar-refractivity contribution in [1.29, 1.82) is 0 Å². The predicted octanol–water partition coefficient (Wildman–Crippen LogP) is 0.137. The van der Waals surface area contributed by atoms with E-state index in [0.29, 0.717) is 0 Å². The Bertz CT molecular complexity index is 1480. The number of carbonyl (C=O) groups excluding carboxylic acids is 3. The first-order valence-corrected chi connectivity index (χ1v) is 11.9. The van der Waals surface area contributed by atoms with Crippen molar-refractivity contribution in [2.24, 2.45) is 13.0 Å². The molecular weight excluding hydrogens is 531 g/mol. The molecule has 2 heterocycles. The standard InChI is InChI=1S/C24H27FN8O7/c1-32(2)23(36)17-9-14(31-33(17)3)13-7-12(25)8-16(20(13)40-4)26-15-10-18(27-21(34)11-5-6-11)29-30-19(15)22(35)28-24(37,38)39/h7-11,37-39H,5-6H2,1-4H3,(H,28,35)(H2,26,27,29,34). The van der Waals surface area contributed by atoms with Gasteiger partial charge in [-0.05, 0) is 25.0 Å². The molecular formula is C24H27FN8O7. The summed E-state index contributed by atoms with van der Waals surface area (Å²) in [6.45, 7) is 0. The van der Waals surface area contributed by atoms with Gasteiger partial charge in [-0.2, -0.15) is 5.10 Å². The number of halogens is 1. The third kappa shape index (κ3) is 6.31. The molecule has 1 aliphatic rings. The van der Waals surface area contributed by atoms with Crippen LogP contribution in [0.5, 0.6) is 5.75 Å². The highest BCUT2D eigenvalue weighted by Gasteiger charge is 2.31. The number of carbonyl (C=O) groups is 3. The van der Waals surface area contributed by atoms with Crippen LogP contribution in [-0.4, -0.2) is 85.2 Å². The molecule has 2 aromatic heterocycles. The molecule has 0 radical (unpaired) electrons. The third-order valence-corrected chi connectivity index (χ3v) is 5.80. The van der Waals surface area contributed by atoms with Crippen LogP contribution in [0.15, 0.2) is 24.3 Å². The Balaban J connectivity index is 1.78. The summed E-state index contributed by atoms with van der Waals surface area (Å²) < 4.78 is 21.8. The third-order valence-electron chi connectivity index (χ3n) is 5.80. The number of methoxy groups -OCH3 is 1. The van der Waals surface area contributed by atoms with Crippen LogP contribution < -0.4 is 20.7 Å². The molecule has 0 spiro atoms. The molecule has 4 rings (SSSR count). The summed E-state index contributed by atoms with van der Waals surface area (Å²) in [6.07, 6.45) is -2.14. The molecule has 15 nitrogen and oxygen atoms in total. The molecule has 0 bridgehead atoms. The normalized spacial score (nSPS) is 13.0. The second-order valence-corrected chi connectivity index (χ2v) is 9.24. The van der Waals surface area contributed by atoms with E-state index in [2.05, 4.69) is 25.9 Å². The van der Waals surface area contributed by atoms with Gasteiger partial charge in [-0.25, -0.2) is 4.39 Å². The number of aliphatic hydroxyl groups is 3. The molecule has 1 aromatic carbocycles. The molecule has 0 saturated heterocycles. The lowest BCUT2D eigenvalue weighted by Gasteiger charge is -2.18. The number of rotatable bonds is 9. The van der Waals surface area contributed by atoms with Crippen molar-refractivity contribution < 1.29 is 38.8 Å². The van der Waals surface area contributed by atoms with Crippen LogP contribution in [0.4, 0.5) is 21.6 Å². The summed E-state index contributed by atoms with van der Waals surface area (Å²) in [7, 11) is 6.02. The molecule has 6 N–H and O–H groups in total. The van der Waals surface area contributed by atoms with E-state index in [0.717, 1.165) is 25.0 Å². The van der Waals surface area contributed by atoms with E-state index in [1.165, 1.54) is 34.1 Å². The Morgan fingerprint density at radius 2 is 1.80 bits per heavy atom. The number of hydrogen-bond donors (Lipinski definition) is 6. The maximum Gasteiger partial charge on any atom is 0.369 e. The summed E-state index contributed by atoms with van der Waals surface area (Å²) in [5, 5.41) is 46.3. The van der Waals surface area contributed by atoms with Gasteiger partial charge in [0.25, 0.3) is 11.8 Å². The number of hydrogen-bond acceptors (Lipinski definition) is 11. The van der Waals surface area contributed by atoms with Crippen molar-refractivity contribution in [1.82, 2.24) is 30.2 Å². The zero-order valence-corrected chi connectivity index (χ0v) is 21.9. The quantitative estimate of drug-likeness (QED) is 0.195. The minimum Gasteiger partial charge on any atom is -0.494 e. The Kier molecular flexibility index (Phi) is 7.68. The summed E-state index contributed by atoms with van der Waals surface area (Å²) in [5.74, 6) is -2.80. The SMILES string of the molecule is COc1c(Nc2cc(NC(=O)C3CC3)nnc2C(=O)NC(O)(O)O)cc(F)cc1-c1cc(C(=O)N(C)C)n(C)n1. The highest BCUT2D eigenvalue weighted by atomic mass is 19.1. The van der Waals surface area contributed by atoms with Gasteiger partial charge in [0.05, 0.1) is 24.2 Å². The van der Waals surface area contributed by atoms with Gasteiger partial charge in [-0.3, -0.25) is 24.4 Å². The monoisotopic (exact) mass is 558 g/mol. The lowest BCUT2D eigenvalue weighted by molar-refractivity contribution is -0.323. The highest BCUT2D eigenvalue weighted by Crippen LogP contribution is 2.39. The van der Waals surface area contributed by atoms with Crippen molar-refractivity contribution in [3.63, 3.8) is 0 Å². The summed E-state index contributed by atoms with van der Waals surface area (Å²) in [6, 6.07) is 4.88. The highest BCUT2D eigenvalue weighted by molar-refractivity contribution is 6.00. The lowest BCUT2D eigenvalue weighted by atomic mass is 10.1. The van der Waals surface area contributed by atoms with Crippen LogP contribution in [0.25, 0.3) is 11.3 Å². The maximum absolute atomic E-state index is 14.9. The Labute approximate surface area is 226 Å². The molecule has 40 heavy (non-hydrogen) atoms. The number of benzene rings is 1. The van der Waals surface area contributed by atoms with Gasteiger partial charge in [0, 0.05) is 44.8 Å². The molecule has 0 aliphatic heterocycles. The van der Waals surface area contributed by atoms with Crippen LogP contribution >= 0.6 is 0 Å². The Morgan fingerprint density at radius 1 is 1.10 bits per heavy atom.